The van der Waals surface area contributed by atoms with E-state index in [-0.39, 0.29) is 30.4 Å². The number of aliphatic hydroxyl groups is 19. The van der Waals surface area contributed by atoms with Crippen molar-refractivity contribution in [1.82, 2.24) is 10.6 Å². The number of carbonyl (C=O) groups is 3. The standard InChI is InChI=1S/C63H108N2O39S2/c1-7-22(4)64-23(54(86)87)17-105-19-30-52-38(77)45(84)61(96-30)101-50-28(15-69)92-57(41(80)34(50)73)98-47-25(12-66)91-56(40(79)33(47)72)99-48-26(13-67)95-60(44(83)37(48)76)104-53-31(20-106-18-24(55(88)89)65-32(71)8-10-63(5,6)90-11-9-21(2)3)97-62(46(85)39(53)78)102-51-29(16-70)93-58(42(81)35(51)74)100-49-27(14-68)94-59(103-52)43(82)36(49)75/h21-31,33-53,56-62,64,66-70,72-85H,7-20H2,1-6H3,(H,65,71)(H,86,87)(H,88,89). The summed E-state index contributed by atoms with van der Waals surface area (Å²) < 4.78 is 89.1. The number of carboxylic acids is 2. The largest absolute Gasteiger partial charge is 0.480 e. The van der Waals surface area contributed by atoms with Gasteiger partial charge in [0.25, 0.3) is 0 Å². The van der Waals surface area contributed by atoms with E-state index in [4.69, 9.17) is 71.1 Å². The van der Waals surface area contributed by atoms with Crippen molar-refractivity contribution in [2.24, 2.45) is 5.92 Å². The van der Waals surface area contributed by atoms with Crippen LogP contribution in [-0.4, -0.2) is 426 Å². The first-order valence-corrected chi connectivity index (χ1v) is 37.5. The number of aliphatic hydroxyl groups excluding tert-OH is 19. The Hall–Kier alpha value is -2.29. The fraction of sp³-hybridized carbons (Fsp3) is 0.952. The van der Waals surface area contributed by atoms with E-state index in [1.807, 2.05) is 13.8 Å². The topological polar surface area (TPSA) is 639 Å². The molecular formula is C63H108N2O39S2. The molecule has 21 fully saturated rings. The molecule has 14 bridgehead atoms. The Kier molecular flexibility index (Phi) is 33.8. The van der Waals surface area contributed by atoms with E-state index in [2.05, 4.69) is 10.6 Å². The predicted octanol–water partition coefficient (Wildman–Crippen LogP) is -10.7. The molecule has 0 aromatic rings. The van der Waals surface area contributed by atoms with Gasteiger partial charge in [0.05, 0.1) is 50.8 Å². The van der Waals surface area contributed by atoms with Crippen LogP contribution in [0.5, 0.6) is 0 Å². The minimum atomic E-state index is -2.31. The summed E-state index contributed by atoms with van der Waals surface area (Å²) in [6, 6.07) is -3.06. The van der Waals surface area contributed by atoms with E-state index in [1.54, 1.807) is 27.7 Å². The Morgan fingerprint density at radius 1 is 0.396 bits per heavy atom. The zero-order chi connectivity index (χ0) is 78.1. The maximum absolute atomic E-state index is 13.3. The number of thioether (sulfide) groups is 2. The molecule has 21 heterocycles. The zero-order valence-electron chi connectivity index (χ0n) is 59.0. The monoisotopic (exact) mass is 1580 g/mol. The number of ether oxygens (including phenoxy) is 15. The van der Waals surface area contributed by atoms with Crippen LogP contribution < -0.4 is 10.6 Å². The molecule has 43 heteroatoms. The van der Waals surface area contributed by atoms with Crippen molar-refractivity contribution in [3.63, 3.8) is 0 Å². The molecule has 0 spiro atoms. The maximum atomic E-state index is 13.3. The zero-order valence-corrected chi connectivity index (χ0v) is 60.6. The normalized spacial score (nSPS) is 44.5. The predicted molar refractivity (Wildman–Crippen MR) is 352 cm³/mol. The van der Waals surface area contributed by atoms with E-state index in [0.717, 1.165) is 29.9 Å². The number of aliphatic carboxylic acids is 2. The van der Waals surface area contributed by atoms with Gasteiger partial charge in [-0.2, -0.15) is 23.5 Å². The highest BCUT2D eigenvalue weighted by Gasteiger charge is 2.60. The Morgan fingerprint density at radius 2 is 0.651 bits per heavy atom. The van der Waals surface area contributed by atoms with Crippen molar-refractivity contribution in [2.75, 3.05) is 62.7 Å². The van der Waals surface area contributed by atoms with Crippen molar-refractivity contribution >= 4 is 41.4 Å². The van der Waals surface area contributed by atoms with E-state index in [9.17, 15) is 122 Å². The van der Waals surface area contributed by atoms with Gasteiger partial charge in [-0.05, 0) is 46.0 Å². The van der Waals surface area contributed by atoms with Gasteiger partial charge in [-0.25, -0.2) is 4.79 Å². The summed E-state index contributed by atoms with van der Waals surface area (Å²) in [6.45, 7) is 6.02. The minimum absolute atomic E-state index is 0.153. The molecule has 616 valence electrons. The number of amides is 1. The van der Waals surface area contributed by atoms with Crippen LogP contribution in [0.2, 0.25) is 0 Å². The molecule has 0 aliphatic carbocycles. The highest BCUT2D eigenvalue weighted by atomic mass is 32.2. The molecule has 21 aliphatic heterocycles. The lowest BCUT2D eigenvalue weighted by atomic mass is 9.95. The fourth-order valence-corrected chi connectivity index (χ4v) is 15.4. The second kappa shape index (κ2) is 40.1. The summed E-state index contributed by atoms with van der Waals surface area (Å²) >= 11 is 1.67. The van der Waals surface area contributed by atoms with Crippen LogP contribution in [0, 0.1) is 5.92 Å². The first-order chi connectivity index (χ1) is 50.1. The van der Waals surface area contributed by atoms with Gasteiger partial charge >= 0.3 is 11.9 Å². The molecule has 21 aliphatic rings. The second-order valence-corrected chi connectivity index (χ2v) is 30.6. The molecule has 23 N–H and O–H groups in total. The summed E-state index contributed by atoms with van der Waals surface area (Å²) in [5.41, 5.74) is -0.765. The number of hydrogen-bond donors (Lipinski definition) is 23. The lowest BCUT2D eigenvalue weighted by Gasteiger charge is -2.50. The Labute approximate surface area is 617 Å². The Morgan fingerprint density at radius 3 is 0.896 bits per heavy atom. The maximum Gasteiger partial charge on any atom is 0.327 e. The molecule has 1 amide bonds. The van der Waals surface area contributed by atoms with Crippen molar-refractivity contribution in [1.29, 1.82) is 0 Å². The molecule has 38 atom stereocenters. The van der Waals surface area contributed by atoms with Crippen molar-refractivity contribution < 1.29 is 193 Å². The van der Waals surface area contributed by atoms with Gasteiger partial charge < -0.3 is 189 Å². The first kappa shape index (κ1) is 89.3. The summed E-state index contributed by atoms with van der Waals surface area (Å²) in [4.78, 5) is 38.3. The summed E-state index contributed by atoms with van der Waals surface area (Å²) in [6.07, 6.45) is -71.2. The van der Waals surface area contributed by atoms with Gasteiger partial charge in [0.15, 0.2) is 44.0 Å². The Bertz CT molecular complexity index is 2690. The van der Waals surface area contributed by atoms with Gasteiger partial charge in [-0.1, -0.05) is 20.8 Å². The lowest BCUT2D eigenvalue weighted by Crippen LogP contribution is -2.68. The number of nitrogens with one attached hydrogen (secondary N) is 2. The molecule has 0 aromatic heterocycles. The lowest BCUT2D eigenvalue weighted by molar-refractivity contribution is -0.395. The van der Waals surface area contributed by atoms with Crippen LogP contribution >= 0.6 is 23.5 Å². The number of carbonyl (C=O) groups excluding carboxylic acids is 1. The first-order valence-electron chi connectivity index (χ1n) is 35.2. The SMILES string of the molecule is CCC(C)NC(CSCC1OC2OC3C(CO)OC(OC4C(CO)OC(OC5C(CO)OC(OC6C(CSCC(NC(=O)CCC(C)(C)OCCC(C)C)C(=O)O)OC(OC7C(CO)OC(OC8C(CO)OC(OC1C(O)C2O)C(O)C8O)C(O)C7O)C(O)C6O)C(O)C5O)C(O)C4O)C(O)C3O)C(=O)O. The van der Waals surface area contributed by atoms with E-state index < -0.39 is 295 Å². The van der Waals surface area contributed by atoms with E-state index >= 15 is 0 Å². The summed E-state index contributed by atoms with van der Waals surface area (Å²) in [7, 11) is 0. The van der Waals surface area contributed by atoms with Crippen molar-refractivity contribution in [2.45, 2.75) is 306 Å². The molecular weight excluding hydrogens is 1470 g/mol. The van der Waals surface area contributed by atoms with E-state index in [0.29, 0.717) is 18.9 Å². The van der Waals surface area contributed by atoms with Gasteiger partial charge in [-0.3, -0.25) is 9.59 Å². The summed E-state index contributed by atoms with van der Waals surface area (Å²) in [5, 5.41) is 244. The molecule has 0 aromatic carbocycles. The fourth-order valence-electron chi connectivity index (χ4n) is 13.1. The van der Waals surface area contributed by atoms with Gasteiger partial charge in [0, 0.05) is 42.1 Å². The number of hydrogen-bond acceptors (Lipinski definition) is 40. The third-order valence-electron chi connectivity index (χ3n) is 19.7. The second-order valence-electron chi connectivity index (χ2n) is 28.5. The quantitative estimate of drug-likeness (QED) is 0.0382. The molecule has 38 unspecified atom stereocenters. The number of rotatable bonds is 26. The molecule has 41 nitrogen and oxygen atoms in total. The molecule has 0 radical (unpaired) electrons. The third kappa shape index (κ3) is 21.6. The molecule has 106 heavy (non-hydrogen) atoms. The van der Waals surface area contributed by atoms with Gasteiger partial charge in [0.2, 0.25) is 5.91 Å². The van der Waals surface area contributed by atoms with Crippen LogP contribution in [0.15, 0.2) is 0 Å². The number of carboxylic acid groups (broad SMARTS) is 2. The van der Waals surface area contributed by atoms with Crippen LogP contribution in [0.25, 0.3) is 0 Å². The van der Waals surface area contributed by atoms with Crippen molar-refractivity contribution in [3.05, 3.63) is 0 Å². The van der Waals surface area contributed by atoms with Crippen LogP contribution in [0.1, 0.15) is 67.2 Å². The average molecular weight is 1580 g/mol. The van der Waals surface area contributed by atoms with Crippen LogP contribution in [0.4, 0.5) is 0 Å². The van der Waals surface area contributed by atoms with Gasteiger partial charge in [0.1, 0.15) is 171 Å². The Balaban J connectivity index is 1.10. The van der Waals surface area contributed by atoms with Gasteiger partial charge in [-0.15, -0.1) is 0 Å². The van der Waals surface area contributed by atoms with Crippen LogP contribution in [-0.2, 0) is 85.4 Å². The van der Waals surface area contributed by atoms with Crippen LogP contribution in [0.3, 0.4) is 0 Å². The molecule has 0 saturated carbocycles. The summed E-state index contributed by atoms with van der Waals surface area (Å²) in [5.74, 6) is -4.50. The van der Waals surface area contributed by atoms with E-state index in [1.165, 1.54) is 0 Å². The smallest absolute Gasteiger partial charge is 0.327 e. The average Bonchev–Trinajstić information content (AvgIpc) is 0.778. The minimum Gasteiger partial charge on any atom is -0.480 e. The highest BCUT2D eigenvalue weighted by molar-refractivity contribution is 7.99. The molecule has 21 saturated heterocycles. The highest BCUT2D eigenvalue weighted by Crippen LogP contribution is 2.40. The molecule has 21 rings (SSSR count). The third-order valence-corrected chi connectivity index (χ3v) is 22.0. The van der Waals surface area contributed by atoms with Crippen molar-refractivity contribution in [3.8, 4) is 0 Å².